The van der Waals surface area contributed by atoms with E-state index < -0.39 is 5.97 Å². The number of thiophene rings is 1. The molecule has 1 aliphatic rings. The summed E-state index contributed by atoms with van der Waals surface area (Å²) in [5, 5.41) is 10.9. The molecule has 1 aliphatic carbocycles. The Labute approximate surface area is 122 Å². The van der Waals surface area contributed by atoms with Gasteiger partial charge in [0.05, 0.1) is 0 Å². The molecule has 0 radical (unpaired) electrons. The third kappa shape index (κ3) is 4.52. The molecule has 0 spiro atoms. The second-order valence-electron chi connectivity index (χ2n) is 5.25. The van der Waals surface area contributed by atoms with Gasteiger partial charge in [0, 0.05) is 25.0 Å². The van der Waals surface area contributed by atoms with Crippen LogP contribution < -0.4 is 0 Å². The van der Waals surface area contributed by atoms with Crippen LogP contribution in [0.3, 0.4) is 0 Å². The molecule has 5 nitrogen and oxygen atoms in total. The number of carbonyl (C=O) groups is 2. The lowest BCUT2D eigenvalue weighted by Gasteiger charge is -2.27. The molecule has 0 aliphatic heterocycles. The lowest BCUT2D eigenvalue weighted by molar-refractivity contribution is -0.137. The van der Waals surface area contributed by atoms with Crippen molar-refractivity contribution in [1.82, 2.24) is 9.80 Å². The van der Waals surface area contributed by atoms with Crippen LogP contribution in [-0.2, 0) is 11.2 Å². The van der Waals surface area contributed by atoms with Crippen LogP contribution in [0, 0.1) is 5.92 Å². The van der Waals surface area contributed by atoms with E-state index in [-0.39, 0.29) is 12.6 Å². The van der Waals surface area contributed by atoms with Gasteiger partial charge in [-0.15, -0.1) is 11.3 Å². The Morgan fingerprint density at radius 3 is 2.75 bits per heavy atom. The molecular formula is C14H20N2O3S. The minimum absolute atomic E-state index is 0.184. The van der Waals surface area contributed by atoms with Crippen LogP contribution in [0.1, 0.15) is 17.7 Å². The average Bonchev–Trinajstić information content (AvgIpc) is 3.06. The molecule has 1 heterocycles. The first kappa shape index (κ1) is 14.8. The fourth-order valence-electron chi connectivity index (χ4n) is 2.06. The van der Waals surface area contributed by atoms with Crippen LogP contribution in [0.15, 0.2) is 17.5 Å². The van der Waals surface area contributed by atoms with Crippen LogP contribution in [0.25, 0.3) is 0 Å². The zero-order valence-electron chi connectivity index (χ0n) is 11.6. The highest BCUT2D eigenvalue weighted by molar-refractivity contribution is 7.09. The predicted molar refractivity (Wildman–Crippen MR) is 78.0 cm³/mol. The number of aliphatic carboxylic acids is 1. The van der Waals surface area contributed by atoms with E-state index in [1.807, 2.05) is 17.5 Å². The number of rotatable bonds is 7. The van der Waals surface area contributed by atoms with Crippen LogP contribution in [-0.4, -0.2) is 53.6 Å². The maximum Gasteiger partial charge on any atom is 0.323 e. The lowest BCUT2D eigenvalue weighted by atomic mass is 10.3. The number of carboxylic acid groups (broad SMARTS) is 1. The maximum atomic E-state index is 12.3. The highest BCUT2D eigenvalue weighted by Gasteiger charge is 2.29. The molecule has 0 atom stereocenters. The lowest BCUT2D eigenvalue weighted by Crippen LogP contribution is -2.45. The molecule has 20 heavy (non-hydrogen) atoms. The van der Waals surface area contributed by atoms with Crippen molar-refractivity contribution in [1.29, 1.82) is 0 Å². The summed E-state index contributed by atoms with van der Waals surface area (Å²) in [7, 11) is 1.73. The standard InChI is InChI=1S/C14H20N2O3S/c1-15(7-6-12-3-2-8-20-12)14(19)16(10-13(17)18)9-11-4-5-11/h2-3,8,11H,4-7,9-10H2,1H3,(H,17,18). The van der Waals surface area contributed by atoms with E-state index in [1.165, 1.54) is 9.78 Å². The van der Waals surface area contributed by atoms with Gasteiger partial charge in [0.15, 0.2) is 0 Å². The Balaban J connectivity index is 1.85. The summed E-state index contributed by atoms with van der Waals surface area (Å²) in [5.74, 6) is -0.463. The number of hydrogen-bond acceptors (Lipinski definition) is 3. The summed E-state index contributed by atoms with van der Waals surface area (Å²) in [5.41, 5.74) is 0. The molecule has 0 aromatic carbocycles. The number of hydrogen-bond donors (Lipinski definition) is 1. The largest absolute Gasteiger partial charge is 0.480 e. The van der Waals surface area contributed by atoms with Crippen LogP contribution in [0.5, 0.6) is 0 Å². The van der Waals surface area contributed by atoms with Crippen LogP contribution >= 0.6 is 11.3 Å². The second-order valence-corrected chi connectivity index (χ2v) is 6.28. The Bertz CT molecular complexity index is 457. The summed E-state index contributed by atoms with van der Waals surface area (Å²) >= 11 is 1.67. The minimum atomic E-state index is -0.953. The van der Waals surface area contributed by atoms with Crippen molar-refractivity contribution in [3.8, 4) is 0 Å². The van der Waals surface area contributed by atoms with E-state index in [0.29, 0.717) is 19.0 Å². The van der Waals surface area contributed by atoms with E-state index in [2.05, 4.69) is 0 Å². The molecule has 0 saturated heterocycles. The highest BCUT2D eigenvalue weighted by Crippen LogP contribution is 2.29. The Morgan fingerprint density at radius 2 is 2.20 bits per heavy atom. The molecule has 110 valence electrons. The molecule has 1 aromatic heterocycles. The smallest absolute Gasteiger partial charge is 0.323 e. The fraction of sp³-hybridized carbons (Fsp3) is 0.571. The summed E-state index contributed by atoms with van der Waals surface area (Å²) in [6.45, 7) is 0.966. The van der Waals surface area contributed by atoms with Gasteiger partial charge in [-0.05, 0) is 36.6 Å². The molecule has 1 aromatic rings. The van der Waals surface area contributed by atoms with Crippen molar-refractivity contribution >= 4 is 23.3 Å². The van der Waals surface area contributed by atoms with Gasteiger partial charge in [0.2, 0.25) is 0 Å². The first-order valence-corrected chi connectivity index (χ1v) is 7.68. The number of amides is 2. The number of likely N-dealkylation sites (N-methyl/N-ethyl adjacent to an activating group) is 1. The summed E-state index contributed by atoms with van der Waals surface area (Å²) < 4.78 is 0. The van der Waals surface area contributed by atoms with Gasteiger partial charge < -0.3 is 14.9 Å². The van der Waals surface area contributed by atoms with Crippen LogP contribution in [0.2, 0.25) is 0 Å². The van der Waals surface area contributed by atoms with Gasteiger partial charge in [-0.2, -0.15) is 0 Å². The van der Waals surface area contributed by atoms with Crippen LogP contribution in [0.4, 0.5) is 4.79 Å². The topological polar surface area (TPSA) is 60.9 Å². The Morgan fingerprint density at radius 1 is 1.45 bits per heavy atom. The molecule has 2 amide bonds. The van der Waals surface area contributed by atoms with Gasteiger partial charge >= 0.3 is 12.0 Å². The van der Waals surface area contributed by atoms with E-state index in [9.17, 15) is 9.59 Å². The van der Waals surface area contributed by atoms with E-state index in [4.69, 9.17) is 5.11 Å². The molecule has 1 N–H and O–H groups in total. The molecule has 1 fully saturated rings. The maximum absolute atomic E-state index is 12.3. The predicted octanol–water partition coefficient (Wildman–Crippen LogP) is 2.14. The number of urea groups is 1. The molecular weight excluding hydrogens is 276 g/mol. The highest BCUT2D eigenvalue weighted by atomic mass is 32.1. The SMILES string of the molecule is CN(CCc1cccs1)C(=O)N(CC(=O)O)CC1CC1. The van der Waals surface area contributed by atoms with Crippen molar-refractivity contribution in [2.24, 2.45) is 5.92 Å². The molecule has 0 unspecified atom stereocenters. The molecule has 0 bridgehead atoms. The normalized spacial score (nSPS) is 14.1. The fourth-order valence-corrected chi connectivity index (χ4v) is 2.75. The third-order valence-corrected chi connectivity index (χ3v) is 4.31. The molecule has 2 rings (SSSR count). The summed E-state index contributed by atoms with van der Waals surface area (Å²) in [4.78, 5) is 27.5. The van der Waals surface area contributed by atoms with Gasteiger partial charge in [-0.25, -0.2) is 4.79 Å². The quantitative estimate of drug-likeness (QED) is 0.838. The number of carboxylic acids is 1. The Hall–Kier alpha value is -1.56. The van der Waals surface area contributed by atoms with Gasteiger partial charge in [0.25, 0.3) is 0 Å². The molecule has 1 saturated carbocycles. The van der Waals surface area contributed by atoms with Gasteiger partial charge in [0.1, 0.15) is 6.54 Å². The van der Waals surface area contributed by atoms with Gasteiger partial charge in [-0.3, -0.25) is 4.79 Å². The molecule has 6 heteroatoms. The second kappa shape index (κ2) is 6.74. The zero-order chi connectivity index (χ0) is 14.5. The zero-order valence-corrected chi connectivity index (χ0v) is 12.4. The number of nitrogens with zero attached hydrogens (tertiary/aromatic N) is 2. The summed E-state index contributed by atoms with van der Waals surface area (Å²) in [6, 6.07) is 3.85. The Kier molecular flexibility index (Phi) is 5.00. The number of carbonyl (C=O) groups excluding carboxylic acids is 1. The van der Waals surface area contributed by atoms with E-state index in [1.54, 1.807) is 23.3 Å². The van der Waals surface area contributed by atoms with Crippen molar-refractivity contribution in [2.75, 3.05) is 26.7 Å². The first-order chi connectivity index (χ1) is 9.56. The monoisotopic (exact) mass is 296 g/mol. The van der Waals surface area contributed by atoms with Gasteiger partial charge in [-0.1, -0.05) is 6.07 Å². The van der Waals surface area contributed by atoms with E-state index in [0.717, 1.165) is 19.3 Å². The first-order valence-electron chi connectivity index (χ1n) is 6.80. The van der Waals surface area contributed by atoms with Crippen molar-refractivity contribution in [2.45, 2.75) is 19.3 Å². The third-order valence-electron chi connectivity index (χ3n) is 3.37. The summed E-state index contributed by atoms with van der Waals surface area (Å²) in [6.07, 6.45) is 3.01. The van der Waals surface area contributed by atoms with Crippen molar-refractivity contribution < 1.29 is 14.7 Å². The average molecular weight is 296 g/mol. The minimum Gasteiger partial charge on any atom is -0.480 e. The van der Waals surface area contributed by atoms with Crippen molar-refractivity contribution in [3.05, 3.63) is 22.4 Å². The van der Waals surface area contributed by atoms with E-state index >= 15 is 0 Å². The van der Waals surface area contributed by atoms with Crippen molar-refractivity contribution in [3.63, 3.8) is 0 Å².